The Labute approximate surface area is 126 Å². The average molecular weight is 313 g/mol. The van der Waals surface area contributed by atoms with Gasteiger partial charge in [0, 0.05) is 39.5 Å². The first-order valence-electron chi connectivity index (χ1n) is 7.08. The van der Waals surface area contributed by atoms with E-state index in [1.807, 2.05) is 31.1 Å². The fourth-order valence-electron chi connectivity index (χ4n) is 2.46. The third kappa shape index (κ3) is 4.09. The van der Waals surface area contributed by atoms with E-state index < -0.39 is 10.2 Å². The SMILES string of the molecule is CN(C)c1cccc(NS(=O)(=O)N2CCCC(CO)C2)c1. The van der Waals surface area contributed by atoms with Crippen molar-refractivity contribution in [3.05, 3.63) is 24.3 Å². The lowest BCUT2D eigenvalue weighted by Crippen LogP contribution is -2.43. The molecule has 1 fully saturated rings. The highest BCUT2D eigenvalue weighted by Crippen LogP contribution is 2.22. The fraction of sp³-hybridized carbons (Fsp3) is 0.571. The van der Waals surface area contributed by atoms with E-state index in [0.717, 1.165) is 18.5 Å². The van der Waals surface area contributed by atoms with Crippen molar-refractivity contribution in [3.63, 3.8) is 0 Å². The second-order valence-corrected chi connectivity index (χ2v) is 7.27. The van der Waals surface area contributed by atoms with Crippen molar-refractivity contribution in [2.75, 3.05) is 43.4 Å². The molecule has 7 heteroatoms. The normalized spacial score (nSPS) is 20.2. The maximum absolute atomic E-state index is 12.4. The van der Waals surface area contributed by atoms with Crippen molar-refractivity contribution in [2.24, 2.45) is 5.92 Å². The molecule has 6 nitrogen and oxygen atoms in total. The largest absolute Gasteiger partial charge is 0.396 e. The number of aliphatic hydroxyl groups is 1. The molecular weight excluding hydrogens is 290 g/mol. The zero-order valence-electron chi connectivity index (χ0n) is 12.5. The van der Waals surface area contributed by atoms with Gasteiger partial charge in [-0.1, -0.05) is 6.07 Å². The number of hydrogen-bond donors (Lipinski definition) is 2. The van der Waals surface area contributed by atoms with Gasteiger partial charge >= 0.3 is 10.2 Å². The highest BCUT2D eigenvalue weighted by molar-refractivity contribution is 7.90. The Bertz CT molecular complexity index is 575. The van der Waals surface area contributed by atoms with E-state index in [2.05, 4.69) is 4.72 Å². The van der Waals surface area contributed by atoms with Crippen molar-refractivity contribution in [1.29, 1.82) is 0 Å². The standard InChI is InChI=1S/C14H23N3O3S/c1-16(2)14-7-3-6-13(9-14)15-21(19,20)17-8-4-5-12(10-17)11-18/h3,6-7,9,12,15,18H,4-5,8,10-11H2,1-2H3. The van der Waals surface area contributed by atoms with E-state index >= 15 is 0 Å². The van der Waals surface area contributed by atoms with E-state index in [-0.39, 0.29) is 12.5 Å². The summed E-state index contributed by atoms with van der Waals surface area (Å²) in [6.07, 6.45) is 1.66. The zero-order valence-corrected chi connectivity index (χ0v) is 13.3. The molecule has 2 rings (SSSR count). The second kappa shape index (κ2) is 6.64. The van der Waals surface area contributed by atoms with Gasteiger partial charge in [-0.25, -0.2) is 0 Å². The van der Waals surface area contributed by atoms with Crippen molar-refractivity contribution >= 4 is 21.6 Å². The van der Waals surface area contributed by atoms with Crippen LogP contribution >= 0.6 is 0 Å². The second-order valence-electron chi connectivity index (χ2n) is 5.60. The predicted molar refractivity (Wildman–Crippen MR) is 84.7 cm³/mol. The summed E-state index contributed by atoms with van der Waals surface area (Å²) >= 11 is 0. The van der Waals surface area contributed by atoms with Gasteiger partial charge in [0.05, 0.1) is 5.69 Å². The van der Waals surface area contributed by atoms with Crippen LogP contribution in [0.1, 0.15) is 12.8 Å². The van der Waals surface area contributed by atoms with Crippen LogP contribution in [0.4, 0.5) is 11.4 Å². The topological polar surface area (TPSA) is 72.9 Å². The Morgan fingerprint density at radius 3 is 2.86 bits per heavy atom. The Morgan fingerprint density at radius 2 is 2.19 bits per heavy atom. The lowest BCUT2D eigenvalue weighted by atomic mass is 10.0. The number of hydrogen-bond acceptors (Lipinski definition) is 4. The molecule has 1 saturated heterocycles. The monoisotopic (exact) mass is 313 g/mol. The summed E-state index contributed by atoms with van der Waals surface area (Å²) in [5.41, 5.74) is 1.48. The number of anilines is 2. The first-order chi connectivity index (χ1) is 9.92. The average Bonchev–Trinajstić information content (AvgIpc) is 2.47. The Hall–Kier alpha value is -1.31. The van der Waals surface area contributed by atoms with Crippen LogP contribution in [-0.2, 0) is 10.2 Å². The first-order valence-corrected chi connectivity index (χ1v) is 8.52. The van der Waals surface area contributed by atoms with Gasteiger partial charge in [-0.2, -0.15) is 12.7 Å². The third-order valence-electron chi connectivity index (χ3n) is 3.69. The van der Waals surface area contributed by atoms with E-state index in [9.17, 15) is 13.5 Å². The van der Waals surface area contributed by atoms with Crippen LogP contribution < -0.4 is 9.62 Å². The summed E-state index contributed by atoms with van der Waals surface area (Å²) in [6.45, 7) is 0.903. The van der Waals surface area contributed by atoms with E-state index in [4.69, 9.17) is 0 Å². The van der Waals surface area contributed by atoms with Crippen molar-refractivity contribution in [2.45, 2.75) is 12.8 Å². The predicted octanol–water partition coefficient (Wildman–Crippen LogP) is 1.11. The number of piperidine rings is 1. The Morgan fingerprint density at radius 1 is 1.43 bits per heavy atom. The number of nitrogens with one attached hydrogen (secondary N) is 1. The van der Waals surface area contributed by atoms with Crippen LogP contribution in [0.25, 0.3) is 0 Å². The molecule has 1 unspecified atom stereocenters. The summed E-state index contributed by atoms with van der Waals surface area (Å²) in [5.74, 6) is 0.0310. The number of rotatable bonds is 5. The van der Waals surface area contributed by atoms with Gasteiger partial charge in [-0.15, -0.1) is 0 Å². The van der Waals surface area contributed by atoms with Crippen molar-refractivity contribution in [1.82, 2.24) is 4.31 Å². The molecule has 0 aliphatic carbocycles. The highest BCUT2D eigenvalue weighted by atomic mass is 32.2. The Balaban J connectivity index is 2.12. The molecule has 1 aromatic carbocycles. The quantitative estimate of drug-likeness (QED) is 0.854. The first kappa shape index (κ1) is 16.1. The molecule has 2 N–H and O–H groups in total. The lowest BCUT2D eigenvalue weighted by molar-refractivity contribution is 0.166. The van der Waals surface area contributed by atoms with Crippen LogP contribution in [0.15, 0.2) is 24.3 Å². The molecule has 1 atom stereocenters. The third-order valence-corrected chi connectivity index (χ3v) is 5.19. The van der Waals surface area contributed by atoms with Gasteiger partial charge in [0.15, 0.2) is 0 Å². The van der Waals surface area contributed by atoms with Crippen molar-refractivity contribution in [3.8, 4) is 0 Å². The molecule has 0 spiro atoms. The minimum Gasteiger partial charge on any atom is -0.396 e. The highest BCUT2D eigenvalue weighted by Gasteiger charge is 2.28. The van der Waals surface area contributed by atoms with Gasteiger partial charge in [0.1, 0.15) is 0 Å². The van der Waals surface area contributed by atoms with Gasteiger partial charge in [0.2, 0.25) is 0 Å². The van der Waals surface area contributed by atoms with Gasteiger partial charge in [-0.05, 0) is 37.0 Å². The summed E-state index contributed by atoms with van der Waals surface area (Å²) in [7, 11) is 0.246. The smallest absolute Gasteiger partial charge is 0.301 e. The molecule has 21 heavy (non-hydrogen) atoms. The minimum atomic E-state index is -3.57. The van der Waals surface area contributed by atoms with Gasteiger partial charge in [-0.3, -0.25) is 4.72 Å². The summed E-state index contributed by atoms with van der Waals surface area (Å²) in [5, 5.41) is 9.21. The number of nitrogens with zero attached hydrogens (tertiary/aromatic N) is 2. The zero-order chi connectivity index (χ0) is 15.5. The Kier molecular flexibility index (Phi) is 5.08. The molecule has 1 aliphatic heterocycles. The molecule has 0 saturated carbocycles. The van der Waals surface area contributed by atoms with E-state index in [1.54, 1.807) is 12.1 Å². The van der Waals surface area contributed by atoms with E-state index in [1.165, 1.54) is 4.31 Å². The van der Waals surface area contributed by atoms with Crippen LogP contribution in [-0.4, -0.2) is 51.6 Å². The lowest BCUT2D eigenvalue weighted by Gasteiger charge is -2.31. The summed E-state index contributed by atoms with van der Waals surface area (Å²) < 4.78 is 28.9. The number of benzene rings is 1. The maximum Gasteiger partial charge on any atom is 0.301 e. The summed E-state index contributed by atoms with van der Waals surface area (Å²) in [4.78, 5) is 1.92. The molecule has 0 aromatic heterocycles. The number of aliphatic hydroxyl groups excluding tert-OH is 1. The van der Waals surface area contributed by atoms with Gasteiger partial charge in [0.25, 0.3) is 0 Å². The molecular formula is C14H23N3O3S. The maximum atomic E-state index is 12.4. The molecule has 0 bridgehead atoms. The van der Waals surface area contributed by atoms with Crippen LogP contribution in [0.3, 0.4) is 0 Å². The van der Waals surface area contributed by atoms with Crippen molar-refractivity contribution < 1.29 is 13.5 Å². The van der Waals surface area contributed by atoms with Crippen LogP contribution in [0.2, 0.25) is 0 Å². The molecule has 0 radical (unpaired) electrons. The molecule has 1 aromatic rings. The molecule has 118 valence electrons. The van der Waals surface area contributed by atoms with Crippen LogP contribution in [0.5, 0.6) is 0 Å². The van der Waals surface area contributed by atoms with Crippen LogP contribution in [0, 0.1) is 5.92 Å². The summed E-state index contributed by atoms with van der Waals surface area (Å²) in [6, 6.07) is 7.27. The minimum absolute atomic E-state index is 0.0299. The molecule has 1 heterocycles. The molecule has 1 aliphatic rings. The van der Waals surface area contributed by atoms with Gasteiger partial charge < -0.3 is 10.0 Å². The van der Waals surface area contributed by atoms with E-state index in [0.29, 0.717) is 18.8 Å². The fourth-order valence-corrected chi connectivity index (χ4v) is 3.79. The molecule has 0 amide bonds.